The van der Waals surface area contributed by atoms with E-state index in [1.807, 2.05) is 0 Å². The minimum absolute atomic E-state index is 0.308. The Bertz CT molecular complexity index is 1270. The molecule has 180 valence electrons. The van der Waals surface area contributed by atoms with E-state index in [4.69, 9.17) is 0 Å². The average Bonchev–Trinajstić information content (AvgIpc) is 3.24. The molecule has 4 fully saturated rings. The number of aromatic nitrogens is 1. The minimum Gasteiger partial charge on any atom is -0.342 e. The van der Waals surface area contributed by atoms with E-state index in [0.717, 1.165) is 37.5 Å². The number of nitrogens with zero attached hydrogens (tertiary/aromatic N) is 3. The monoisotopic (exact) mass is 465 g/mol. The van der Waals surface area contributed by atoms with E-state index in [9.17, 15) is 4.79 Å². The molecule has 5 heterocycles. The van der Waals surface area contributed by atoms with Crippen molar-refractivity contribution in [2.24, 2.45) is 11.8 Å². The van der Waals surface area contributed by atoms with E-state index in [0.29, 0.717) is 23.8 Å². The zero-order valence-electron chi connectivity index (χ0n) is 20.5. The second-order valence-electron chi connectivity index (χ2n) is 11.2. The molecule has 0 spiro atoms. The molecule has 0 aliphatic carbocycles. The largest absolute Gasteiger partial charge is 0.342 e. The molecule has 4 atom stereocenters. The van der Waals surface area contributed by atoms with Crippen molar-refractivity contribution in [3.63, 3.8) is 0 Å². The molecule has 4 nitrogen and oxygen atoms in total. The van der Waals surface area contributed by atoms with Crippen LogP contribution in [-0.4, -0.2) is 52.0 Å². The Morgan fingerprint density at radius 3 is 2.60 bits per heavy atom. The van der Waals surface area contributed by atoms with Gasteiger partial charge in [-0.1, -0.05) is 48.5 Å². The molecule has 0 N–H and O–H groups in total. The van der Waals surface area contributed by atoms with Gasteiger partial charge < -0.3 is 9.47 Å². The summed E-state index contributed by atoms with van der Waals surface area (Å²) < 4.78 is 2.33. The predicted molar refractivity (Wildman–Crippen MR) is 141 cm³/mol. The highest BCUT2D eigenvalue weighted by atomic mass is 16.2. The second kappa shape index (κ2) is 8.67. The fourth-order valence-corrected chi connectivity index (χ4v) is 7.82. The molecule has 4 aliphatic heterocycles. The van der Waals surface area contributed by atoms with E-state index in [2.05, 4.69) is 81.2 Å². The van der Waals surface area contributed by atoms with Crippen molar-refractivity contribution in [3.8, 4) is 0 Å². The molecule has 0 saturated carbocycles. The highest BCUT2D eigenvalue weighted by molar-refractivity contribution is 6.01. The number of para-hydroxylation sites is 1. The number of hydrogen-bond acceptors (Lipinski definition) is 2. The first-order chi connectivity index (χ1) is 17.3. The first kappa shape index (κ1) is 21.4. The highest BCUT2D eigenvalue weighted by Gasteiger charge is 2.51. The van der Waals surface area contributed by atoms with Crippen molar-refractivity contribution in [1.29, 1.82) is 0 Å². The molecule has 3 aromatic rings. The Labute approximate surface area is 208 Å². The highest BCUT2D eigenvalue weighted by Crippen LogP contribution is 2.45. The van der Waals surface area contributed by atoms with Gasteiger partial charge in [-0.3, -0.25) is 9.69 Å². The van der Waals surface area contributed by atoms with Gasteiger partial charge in [-0.05, 0) is 81.2 Å². The molecular weight excluding hydrogens is 430 g/mol. The van der Waals surface area contributed by atoms with Crippen LogP contribution < -0.4 is 0 Å². The smallest absolute Gasteiger partial charge is 0.250 e. The van der Waals surface area contributed by atoms with Gasteiger partial charge in [0.15, 0.2) is 0 Å². The lowest BCUT2D eigenvalue weighted by atomic mass is 9.67. The molecule has 1 aromatic heterocycles. The maximum Gasteiger partial charge on any atom is 0.250 e. The Morgan fingerprint density at radius 2 is 1.71 bits per heavy atom. The van der Waals surface area contributed by atoms with Crippen LogP contribution >= 0.6 is 0 Å². The van der Waals surface area contributed by atoms with Gasteiger partial charge in [-0.2, -0.15) is 0 Å². The van der Waals surface area contributed by atoms with E-state index in [1.54, 1.807) is 0 Å². The third-order valence-corrected chi connectivity index (χ3v) is 9.26. The van der Waals surface area contributed by atoms with Crippen molar-refractivity contribution < 1.29 is 4.79 Å². The minimum atomic E-state index is 0.308. The van der Waals surface area contributed by atoms with E-state index < -0.39 is 0 Å². The third kappa shape index (κ3) is 3.65. The molecule has 4 saturated heterocycles. The lowest BCUT2D eigenvalue weighted by Crippen LogP contribution is -2.66. The standard InChI is InChI=1S/C31H35N3O/c35-31-23(14-15-29-27-12-7-17-32-16-6-10-24(30(27)32)21-34(29)31)18-25-20-33(19-22-8-2-1-3-9-22)28-13-5-4-11-26(25)28/h1-5,8-9,11,13,18,20,24,27,29-30H,6-7,10,12,14-17,19,21H2/b23-18+/t24-,27+,29+,30-/m0/s1. The third-order valence-electron chi connectivity index (χ3n) is 9.26. The lowest BCUT2D eigenvalue weighted by molar-refractivity contribution is -0.145. The zero-order valence-corrected chi connectivity index (χ0v) is 20.5. The summed E-state index contributed by atoms with van der Waals surface area (Å²) in [5, 5.41) is 1.24. The van der Waals surface area contributed by atoms with Gasteiger partial charge in [-0.25, -0.2) is 0 Å². The van der Waals surface area contributed by atoms with Gasteiger partial charge in [-0.15, -0.1) is 0 Å². The van der Waals surface area contributed by atoms with Crippen molar-refractivity contribution in [2.45, 2.75) is 57.2 Å². The van der Waals surface area contributed by atoms with Gasteiger partial charge in [0, 0.05) is 53.4 Å². The van der Waals surface area contributed by atoms with Crippen LogP contribution in [0.4, 0.5) is 0 Å². The number of fused-ring (bicyclic) bond motifs is 3. The Balaban J connectivity index is 1.20. The molecule has 4 heteroatoms. The SMILES string of the molecule is O=C1/C(=C/c2cn(Cc3ccccc3)c3ccccc23)CC[C@@H]2[C@H]3CCCN4CCC[C@@H](CN12)[C@@H]34. The number of carbonyl (C=O) groups is 1. The van der Waals surface area contributed by atoms with E-state index in [1.165, 1.54) is 60.8 Å². The predicted octanol–water partition coefficient (Wildman–Crippen LogP) is 5.57. The normalized spacial score (nSPS) is 29.9. The Hall–Kier alpha value is -2.85. The number of carbonyl (C=O) groups excluding carboxylic acids is 1. The number of benzene rings is 2. The van der Waals surface area contributed by atoms with Gasteiger partial charge in [0.1, 0.15) is 0 Å². The van der Waals surface area contributed by atoms with Gasteiger partial charge >= 0.3 is 0 Å². The maximum atomic E-state index is 13.9. The van der Waals surface area contributed by atoms with Gasteiger partial charge in [0.25, 0.3) is 0 Å². The molecule has 35 heavy (non-hydrogen) atoms. The van der Waals surface area contributed by atoms with Crippen LogP contribution in [0.2, 0.25) is 0 Å². The molecular formula is C31H35N3O. The molecule has 2 aromatic carbocycles. The van der Waals surface area contributed by atoms with E-state index >= 15 is 0 Å². The van der Waals surface area contributed by atoms with Crippen LogP contribution in [0.5, 0.6) is 0 Å². The number of rotatable bonds is 3. The Morgan fingerprint density at radius 1 is 0.914 bits per heavy atom. The van der Waals surface area contributed by atoms with Crippen LogP contribution in [0, 0.1) is 11.8 Å². The average molecular weight is 466 g/mol. The van der Waals surface area contributed by atoms with Crippen LogP contribution in [-0.2, 0) is 11.3 Å². The van der Waals surface area contributed by atoms with Crippen LogP contribution in [0.1, 0.15) is 49.7 Å². The summed E-state index contributed by atoms with van der Waals surface area (Å²) in [5.41, 5.74) is 4.70. The van der Waals surface area contributed by atoms with Crippen LogP contribution in [0.15, 0.2) is 66.4 Å². The summed E-state index contributed by atoms with van der Waals surface area (Å²) in [4.78, 5) is 19.0. The summed E-state index contributed by atoms with van der Waals surface area (Å²) in [6.07, 6.45) is 11.7. The maximum absolute atomic E-state index is 13.9. The summed E-state index contributed by atoms with van der Waals surface area (Å²) in [6.45, 7) is 4.36. The molecule has 1 amide bonds. The fraction of sp³-hybridized carbons (Fsp3) is 0.452. The summed E-state index contributed by atoms with van der Waals surface area (Å²) >= 11 is 0. The number of piperidine rings is 4. The molecule has 0 radical (unpaired) electrons. The number of amides is 1. The quantitative estimate of drug-likeness (QED) is 0.473. The van der Waals surface area contributed by atoms with Crippen LogP contribution in [0.3, 0.4) is 0 Å². The number of hydrogen-bond donors (Lipinski definition) is 0. The molecule has 7 rings (SSSR count). The van der Waals surface area contributed by atoms with Gasteiger partial charge in [0.05, 0.1) is 0 Å². The lowest BCUT2D eigenvalue weighted by Gasteiger charge is -2.58. The molecule has 0 bridgehead atoms. The molecule has 0 unspecified atom stereocenters. The van der Waals surface area contributed by atoms with Crippen molar-refractivity contribution in [1.82, 2.24) is 14.4 Å². The van der Waals surface area contributed by atoms with Crippen molar-refractivity contribution in [3.05, 3.63) is 77.5 Å². The topological polar surface area (TPSA) is 28.5 Å². The molecule has 4 aliphatic rings. The zero-order chi connectivity index (χ0) is 23.4. The first-order valence-corrected chi connectivity index (χ1v) is 13.6. The Kier molecular flexibility index (Phi) is 5.31. The van der Waals surface area contributed by atoms with Gasteiger partial charge in [0.2, 0.25) is 5.91 Å². The van der Waals surface area contributed by atoms with Crippen molar-refractivity contribution >= 4 is 22.9 Å². The summed E-state index contributed by atoms with van der Waals surface area (Å²) in [5.74, 6) is 1.66. The fourth-order valence-electron chi connectivity index (χ4n) is 7.82. The van der Waals surface area contributed by atoms with Crippen molar-refractivity contribution in [2.75, 3.05) is 19.6 Å². The summed E-state index contributed by atoms with van der Waals surface area (Å²) in [7, 11) is 0. The van der Waals surface area contributed by atoms with Crippen LogP contribution in [0.25, 0.3) is 17.0 Å². The first-order valence-electron chi connectivity index (χ1n) is 13.6. The van der Waals surface area contributed by atoms with E-state index in [-0.39, 0.29) is 0 Å². The summed E-state index contributed by atoms with van der Waals surface area (Å²) in [6, 6.07) is 20.4. The second-order valence-corrected chi connectivity index (χ2v) is 11.2.